The van der Waals surface area contributed by atoms with Gasteiger partial charge in [0.15, 0.2) is 0 Å². The zero-order valence-electron chi connectivity index (χ0n) is 15.9. The molecule has 0 radical (unpaired) electrons. The van der Waals surface area contributed by atoms with Gasteiger partial charge in [0, 0.05) is 22.3 Å². The molecule has 156 valence electrons. The SMILES string of the molecule is Nc1ccccc1C(=O)n1ccc(=NS(=O)(=O)c2ccccc2)c2c(Cl)cc(Cl)cc21. The van der Waals surface area contributed by atoms with Crippen molar-refractivity contribution in [2.75, 3.05) is 5.73 Å². The van der Waals surface area contributed by atoms with E-state index in [1.165, 1.54) is 41.1 Å². The van der Waals surface area contributed by atoms with Crippen molar-refractivity contribution in [2.45, 2.75) is 4.90 Å². The number of nitrogens with two attached hydrogens (primary N) is 1. The van der Waals surface area contributed by atoms with Gasteiger partial charge in [0.2, 0.25) is 0 Å². The highest BCUT2D eigenvalue weighted by atomic mass is 35.5. The molecule has 0 spiro atoms. The van der Waals surface area contributed by atoms with Crippen LogP contribution >= 0.6 is 23.2 Å². The van der Waals surface area contributed by atoms with Crippen molar-refractivity contribution < 1.29 is 13.2 Å². The summed E-state index contributed by atoms with van der Waals surface area (Å²) >= 11 is 12.6. The number of anilines is 1. The first kappa shape index (κ1) is 21.1. The number of carbonyl (C=O) groups is 1. The van der Waals surface area contributed by atoms with E-state index in [0.29, 0.717) is 11.2 Å². The van der Waals surface area contributed by atoms with E-state index in [1.54, 1.807) is 42.5 Å². The van der Waals surface area contributed by atoms with Gasteiger partial charge < -0.3 is 5.73 Å². The molecule has 0 fully saturated rings. The van der Waals surface area contributed by atoms with Crippen LogP contribution in [-0.4, -0.2) is 18.9 Å². The third-order valence-electron chi connectivity index (χ3n) is 4.60. The molecule has 0 aliphatic carbocycles. The smallest absolute Gasteiger partial charge is 0.282 e. The maximum absolute atomic E-state index is 13.2. The van der Waals surface area contributed by atoms with Gasteiger partial charge in [-0.3, -0.25) is 9.36 Å². The first-order valence-electron chi connectivity index (χ1n) is 9.03. The Labute approximate surface area is 188 Å². The topological polar surface area (TPSA) is 94.5 Å². The molecule has 0 saturated carbocycles. The Balaban J connectivity index is 2.01. The first-order valence-corrected chi connectivity index (χ1v) is 11.2. The molecule has 0 amide bonds. The Hall–Kier alpha value is -3.13. The van der Waals surface area contributed by atoms with Crippen LogP contribution in [0.1, 0.15) is 10.4 Å². The third kappa shape index (κ3) is 4.07. The quantitative estimate of drug-likeness (QED) is 0.444. The van der Waals surface area contributed by atoms with Gasteiger partial charge in [-0.15, -0.1) is 0 Å². The number of halogens is 2. The van der Waals surface area contributed by atoms with E-state index in [4.69, 9.17) is 28.9 Å². The summed E-state index contributed by atoms with van der Waals surface area (Å²) in [5.41, 5.74) is 6.85. The monoisotopic (exact) mass is 471 g/mol. The fourth-order valence-electron chi connectivity index (χ4n) is 3.16. The van der Waals surface area contributed by atoms with Crippen LogP contribution in [0.4, 0.5) is 5.69 Å². The lowest BCUT2D eigenvalue weighted by Crippen LogP contribution is -2.19. The Morgan fingerprint density at radius 3 is 2.32 bits per heavy atom. The Morgan fingerprint density at radius 1 is 0.935 bits per heavy atom. The fraction of sp³-hybridized carbons (Fsp3) is 0. The maximum atomic E-state index is 13.2. The molecule has 0 bridgehead atoms. The molecule has 0 aliphatic rings. The van der Waals surface area contributed by atoms with E-state index in [1.807, 2.05) is 0 Å². The van der Waals surface area contributed by atoms with E-state index in [9.17, 15) is 13.2 Å². The molecule has 1 aromatic heterocycles. The summed E-state index contributed by atoms with van der Waals surface area (Å²) in [7, 11) is -4.00. The number of nitrogen functional groups attached to an aromatic ring is 1. The van der Waals surface area contributed by atoms with Gasteiger partial charge >= 0.3 is 0 Å². The molecule has 31 heavy (non-hydrogen) atoms. The number of rotatable bonds is 3. The molecule has 6 nitrogen and oxygen atoms in total. The van der Waals surface area contributed by atoms with Crippen molar-refractivity contribution in [3.63, 3.8) is 0 Å². The first-order chi connectivity index (χ1) is 14.8. The number of para-hydroxylation sites is 1. The molecule has 0 aliphatic heterocycles. The van der Waals surface area contributed by atoms with Crippen molar-refractivity contribution in [1.82, 2.24) is 4.57 Å². The molecular formula is C22H15Cl2N3O3S. The lowest BCUT2D eigenvalue weighted by atomic mass is 10.1. The summed E-state index contributed by atoms with van der Waals surface area (Å²) in [5.74, 6) is -0.418. The van der Waals surface area contributed by atoms with Crippen LogP contribution in [0.5, 0.6) is 0 Å². The number of carbonyl (C=O) groups excluding carboxylic acids is 1. The average Bonchev–Trinajstić information content (AvgIpc) is 2.74. The minimum atomic E-state index is -4.00. The van der Waals surface area contributed by atoms with Crippen LogP contribution in [0.25, 0.3) is 10.9 Å². The summed E-state index contributed by atoms with van der Waals surface area (Å²) in [4.78, 5) is 13.2. The Bertz CT molecular complexity index is 1500. The summed E-state index contributed by atoms with van der Waals surface area (Å²) in [6.45, 7) is 0. The van der Waals surface area contributed by atoms with Crippen LogP contribution in [0.3, 0.4) is 0 Å². The fourth-order valence-corrected chi connectivity index (χ4v) is 4.76. The van der Waals surface area contributed by atoms with Crippen molar-refractivity contribution in [2.24, 2.45) is 4.40 Å². The average molecular weight is 472 g/mol. The lowest BCUT2D eigenvalue weighted by Gasteiger charge is -2.13. The summed E-state index contributed by atoms with van der Waals surface area (Å²) < 4.78 is 30.8. The Morgan fingerprint density at radius 2 is 1.61 bits per heavy atom. The lowest BCUT2D eigenvalue weighted by molar-refractivity contribution is 0.0965. The minimum absolute atomic E-state index is 0.0399. The van der Waals surface area contributed by atoms with Crippen molar-refractivity contribution >= 4 is 55.7 Å². The van der Waals surface area contributed by atoms with Crippen LogP contribution in [0.15, 0.2) is 88.3 Å². The largest absolute Gasteiger partial charge is 0.398 e. The highest BCUT2D eigenvalue weighted by Gasteiger charge is 2.18. The Kier molecular flexibility index (Phi) is 5.58. The zero-order chi connectivity index (χ0) is 22.2. The van der Waals surface area contributed by atoms with E-state index in [2.05, 4.69) is 4.40 Å². The van der Waals surface area contributed by atoms with Crippen LogP contribution in [-0.2, 0) is 10.0 Å². The van der Waals surface area contributed by atoms with Gasteiger partial charge in [0.1, 0.15) is 0 Å². The van der Waals surface area contributed by atoms with Crippen molar-refractivity contribution in [1.29, 1.82) is 0 Å². The van der Waals surface area contributed by atoms with E-state index >= 15 is 0 Å². The van der Waals surface area contributed by atoms with E-state index in [0.717, 1.165) is 0 Å². The molecule has 9 heteroatoms. The molecule has 0 saturated heterocycles. The standard InChI is InChI=1S/C22H15Cl2N3O3S/c23-14-12-17(24)21-19(26-31(29,30)15-6-2-1-3-7-15)10-11-27(20(21)13-14)22(28)16-8-4-5-9-18(16)25/h1-13H,25H2. The molecule has 2 N–H and O–H groups in total. The molecular weight excluding hydrogens is 457 g/mol. The second kappa shape index (κ2) is 8.19. The van der Waals surface area contributed by atoms with Crippen LogP contribution in [0.2, 0.25) is 10.0 Å². The number of aromatic nitrogens is 1. The second-order valence-corrected chi connectivity index (χ2v) is 9.07. The van der Waals surface area contributed by atoms with Gasteiger partial charge in [-0.05, 0) is 42.5 Å². The van der Waals surface area contributed by atoms with Gasteiger partial charge in [0.05, 0.1) is 26.4 Å². The highest BCUT2D eigenvalue weighted by molar-refractivity contribution is 7.90. The summed E-state index contributed by atoms with van der Waals surface area (Å²) in [6, 6.07) is 18.9. The number of sulfonamides is 1. The predicted octanol–water partition coefficient (Wildman–Crippen LogP) is 4.51. The van der Waals surface area contributed by atoms with Crippen molar-refractivity contribution in [3.8, 4) is 0 Å². The number of hydrogen-bond donors (Lipinski definition) is 1. The van der Waals surface area contributed by atoms with Gasteiger partial charge in [-0.2, -0.15) is 12.8 Å². The normalized spacial score (nSPS) is 12.3. The van der Waals surface area contributed by atoms with Crippen LogP contribution < -0.4 is 11.1 Å². The second-order valence-electron chi connectivity index (χ2n) is 6.62. The zero-order valence-corrected chi connectivity index (χ0v) is 18.2. The maximum Gasteiger partial charge on any atom is 0.282 e. The molecule has 0 unspecified atom stereocenters. The summed E-state index contributed by atoms with van der Waals surface area (Å²) in [5, 5.41) is 0.803. The van der Waals surface area contributed by atoms with Gasteiger partial charge in [-0.1, -0.05) is 53.5 Å². The van der Waals surface area contributed by atoms with Gasteiger partial charge in [0.25, 0.3) is 15.9 Å². The number of hydrogen-bond acceptors (Lipinski definition) is 4. The van der Waals surface area contributed by atoms with Crippen LogP contribution in [0, 0.1) is 0 Å². The molecule has 3 aromatic carbocycles. The third-order valence-corrected chi connectivity index (χ3v) is 6.42. The number of fused-ring (bicyclic) bond motifs is 1. The predicted molar refractivity (Wildman–Crippen MR) is 122 cm³/mol. The van der Waals surface area contributed by atoms with E-state index in [-0.39, 0.29) is 31.2 Å². The highest BCUT2D eigenvalue weighted by Crippen LogP contribution is 2.27. The minimum Gasteiger partial charge on any atom is -0.398 e. The molecule has 4 rings (SSSR count). The molecule has 1 heterocycles. The summed E-state index contributed by atoms with van der Waals surface area (Å²) in [6.07, 6.45) is 1.42. The molecule has 0 atom stereocenters. The van der Waals surface area contributed by atoms with Crippen molar-refractivity contribution in [3.05, 3.63) is 100.0 Å². The molecule has 4 aromatic rings. The van der Waals surface area contributed by atoms with Gasteiger partial charge in [-0.25, -0.2) is 0 Å². The number of nitrogens with zero attached hydrogens (tertiary/aromatic N) is 2. The van der Waals surface area contributed by atoms with E-state index < -0.39 is 15.9 Å². The number of pyridine rings is 1. The number of benzene rings is 3.